The number of aromatic amines is 1. The summed E-state index contributed by atoms with van der Waals surface area (Å²) in [6.07, 6.45) is 1.54. The molecule has 4 nitrogen and oxygen atoms in total. The van der Waals surface area contributed by atoms with Crippen molar-refractivity contribution in [3.8, 4) is 0 Å². The van der Waals surface area contributed by atoms with Crippen LogP contribution in [-0.4, -0.2) is 8.42 Å². The molecule has 0 aliphatic carbocycles. The molecular formula is C6H9ClN2O2S. The summed E-state index contributed by atoms with van der Waals surface area (Å²) in [6, 6.07) is 3.24. The average molecular weight is 209 g/mol. The molecule has 0 amide bonds. The van der Waals surface area contributed by atoms with E-state index in [0.717, 1.165) is 5.56 Å². The quantitative estimate of drug-likeness (QED) is 0.519. The second-order valence-electron chi connectivity index (χ2n) is 2.28. The number of hydrogen-bond acceptors (Lipinski definition) is 2. The van der Waals surface area contributed by atoms with Gasteiger partial charge in [-0.25, -0.2) is 18.5 Å². The lowest BCUT2D eigenvalue weighted by Crippen LogP contribution is -3.00. The smallest absolute Gasteiger partial charge is 0.310 e. The Bertz CT molecular complexity index is 364. The van der Waals surface area contributed by atoms with Gasteiger partial charge in [0.2, 0.25) is 0 Å². The van der Waals surface area contributed by atoms with Crippen LogP contribution < -0.4 is 22.5 Å². The standard InChI is InChI=1S/C6H8N2O2S.ClH/c1-5-2-3-8-6(4-5)11(7,9)10;/h2-4H,1H3,(H2,7,9,10);1H. The lowest BCUT2D eigenvalue weighted by atomic mass is 10.3. The van der Waals surface area contributed by atoms with Crippen molar-refractivity contribution >= 4 is 10.0 Å². The third kappa shape index (κ3) is 2.77. The first-order chi connectivity index (χ1) is 5.00. The van der Waals surface area contributed by atoms with Gasteiger partial charge in [-0.2, -0.15) is 0 Å². The van der Waals surface area contributed by atoms with Crippen molar-refractivity contribution in [1.29, 1.82) is 0 Å². The van der Waals surface area contributed by atoms with Crippen molar-refractivity contribution in [2.75, 3.05) is 0 Å². The molecule has 0 aromatic carbocycles. The molecule has 3 N–H and O–H groups in total. The molecule has 1 heterocycles. The van der Waals surface area contributed by atoms with E-state index in [0.29, 0.717) is 0 Å². The molecule has 68 valence electrons. The van der Waals surface area contributed by atoms with Gasteiger partial charge >= 0.3 is 5.03 Å². The Morgan fingerprint density at radius 1 is 1.50 bits per heavy atom. The van der Waals surface area contributed by atoms with Crippen LogP contribution in [0.3, 0.4) is 0 Å². The third-order valence-corrected chi connectivity index (χ3v) is 2.09. The van der Waals surface area contributed by atoms with Crippen LogP contribution in [0, 0.1) is 6.92 Å². The lowest BCUT2D eigenvalue weighted by molar-refractivity contribution is -0.428. The lowest BCUT2D eigenvalue weighted by Gasteiger charge is -1.90. The second kappa shape index (κ2) is 3.84. The maximum Gasteiger partial charge on any atom is 0.310 e. The van der Waals surface area contributed by atoms with Crippen molar-refractivity contribution in [1.82, 2.24) is 0 Å². The number of nitrogens with two attached hydrogens (primary N) is 1. The Kier molecular flexibility index (Phi) is 3.63. The number of H-pyrrole nitrogens is 1. The first-order valence-corrected chi connectivity index (χ1v) is 4.56. The molecule has 1 aromatic heterocycles. The Hall–Kier alpha value is -0.650. The van der Waals surface area contributed by atoms with Crippen LogP contribution in [0.4, 0.5) is 0 Å². The monoisotopic (exact) mass is 208 g/mol. The van der Waals surface area contributed by atoms with Crippen LogP contribution in [0.2, 0.25) is 0 Å². The minimum absolute atomic E-state index is 0. The van der Waals surface area contributed by atoms with Gasteiger partial charge in [-0.1, -0.05) is 0 Å². The molecule has 1 aromatic rings. The van der Waals surface area contributed by atoms with Crippen LogP contribution in [0.25, 0.3) is 0 Å². The van der Waals surface area contributed by atoms with Gasteiger partial charge in [0.1, 0.15) is 0 Å². The predicted octanol–water partition coefficient (Wildman–Crippen LogP) is -3.54. The SMILES string of the molecule is Cc1cc[nH+]c(S(N)(=O)=O)c1.[Cl-]. The highest BCUT2D eigenvalue weighted by molar-refractivity contribution is 7.89. The van der Waals surface area contributed by atoms with Gasteiger partial charge in [-0.05, 0) is 12.5 Å². The highest BCUT2D eigenvalue weighted by atomic mass is 35.5. The van der Waals surface area contributed by atoms with Crippen LogP contribution in [0.5, 0.6) is 0 Å². The number of aromatic nitrogens is 1. The summed E-state index contributed by atoms with van der Waals surface area (Å²) in [6.45, 7) is 1.79. The number of hydrogen-bond donors (Lipinski definition) is 1. The summed E-state index contributed by atoms with van der Waals surface area (Å²) in [5.74, 6) is 0. The number of primary sulfonamides is 1. The van der Waals surface area contributed by atoms with Crippen molar-refractivity contribution in [3.63, 3.8) is 0 Å². The maximum atomic E-state index is 10.7. The van der Waals surface area contributed by atoms with E-state index in [1.165, 1.54) is 12.3 Å². The molecule has 0 fully saturated rings. The third-order valence-electron chi connectivity index (χ3n) is 1.24. The van der Waals surface area contributed by atoms with Crippen LogP contribution in [0.15, 0.2) is 23.4 Å². The molecule has 0 atom stereocenters. The molecule has 0 saturated carbocycles. The van der Waals surface area contributed by atoms with E-state index in [1.807, 2.05) is 0 Å². The number of sulfonamides is 1. The van der Waals surface area contributed by atoms with Gasteiger partial charge in [0.15, 0.2) is 6.20 Å². The van der Waals surface area contributed by atoms with E-state index >= 15 is 0 Å². The maximum absolute atomic E-state index is 10.7. The fourth-order valence-corrected chi connectivity index (χ4v) is 1.30. The summed E-state index contributed by atoms with van der Waals surface area (Å²) in [4.78, 5) is 2.54. The highest BCUT2D eigenvalue weighted by Gasteiger charge is 2.14. The molecule has 0 aliphatic rings. The Balaban J connectivity index is 0.00000121. The normalized spacial score (nSPS) is 10.5. The minimum atomic E-state index is -3.58. The fourth-order valence-electron chi connectivity index (χ4n) is 0.716. The van der Waals surface area contributed by atoms with Gasteiger partial charge in [-0.15, -0.1) is 0 Å². The highest BCUT2D eigenvalue weighted by Crippen LogP contribution is 1.99. The zero-order chi connectivity index (χ0) is 8.48. The Morgan fingerprint density at radius 3 is 2.42 bits per heavy atom. The molecular weight excluding hydrogens is 200 g/mol. The van der Waals surface area contributed by atoms with E-state index in [2.05, 4.69) is 4.98 Å². The number of nitrogens with one attached hydrogen (secondary N) is 1. The molecule has 12 heavy (non-hydrogen) atoms. The van der Waals surface area contributed by atoms with E-state index in [1.54, 1.807) is 13.0 Å². The molecule has 0 unspecified atom stereocenters. The van der Waals surface area contributed by atoms with E-state index in [9.17, 15) is 8.42 Å². The largest absolute Gasteiger partial charge is 1.00 e. The topological polar surface area (TPSA) is 74.3 Å². The molecule has 0 saturated heterocycles. The van der Waals surface area contributed by atoms with Crippen LogP contribution >= 0.6 is 0 Å². The van der Waals surface area contributed by atoms with Gasteiger partial charge < -0.3 is 12.4 Å². The summed E-state index contributed by atoms with van der Waals surface area (Å²) in [5.41, 5.74) is 0.854. The number of aryl methyl sites for hydroxylation is 1. The van der Waals surface area contributed by atoms with E-state index in [4.69, 9.17) is 5.14 Å². The second-order valence-corrected chi connectivity index (χ2v) is 3.81. The molecule has 0 bridgehead atoms. The number of halogens is 1. The summed E-state index contributed by atoms with van der Waals surface area (Å²) in [5, 5.41) is 4.91. The van der Waals surface area contributed by atoms with Crippen LogP contribution in [-0.2, 0) is 10.0 Å². The van der Waals surface area contributed by atoms with Gasteiger partial charge in [-0.3, -0.25) is 0 Å². The molecule has 6 heteroatoms. The van der Waals surface area contributed by atoms with Crippen molar-refractivity contribution in [2.45, 2.75) is 11.9 Å². The zero-order valence-corrected chi connectivity index (χ0v) is 7.98. The Morgan fingerprint density at radius 2 is 2.08 bits per heavy atom. The van der Waals surface area contributed by atoms with Gasteiger partial charge in [0, 0.05) is 12.1 Å². The van der Waals surface area contributed by atoms with Gasteiger partial charge in [0.05, 0.1) is 0 Å². The van der Waals surface area contributed by atoms with Crippen molar-refractivity contribution < 1.29 is 25.8 Å². The molecule has 1 rings (SSSR count). The summed E-state index contributed by atoms with van der Waals surface area (Å²) < 4.78 is 21.5. The zero-order valence-electron chi connectivity index (χ0n) is 6.41. The van der Waals surface area contributed by atoms with Crippen LogP contribution in [0.1, 0.15) is 5.56 Å². The summed E-state index contributed by atoms with van der Waals surface area (Å²) in [7, 11) is -3.58. The van der Waals surface area contributed by atoms with E-state index in [-0.39, 0.29) is 17.4 Å². The first kappa shape index (κ1) is 11.4. The van der Waals surface area contributed by atoms with E-state index < -0.39 is 10.0 Å². The Labute approximate surface area is 77.3 Å². The fraction of sp³-hybridized carbons (Fsp3) is 0.167. The minimum Gasteiger partial charge on any atom is -1.00 e. The van der Waals surface area contributed by atoms with Crippen molar-refractivity contribution in [3.05, 3.63) is 23.9 Å². The number of pyridine rings is 1. The molecule has 0 spiro atoms. The summed E-state index contributed by atoms with van der Waals surface area (Å²) >= 11 is 0. The van der Waals surface area contributed by atoms with Crippen molar-refractivity contribution in [2.24, 2.45) is 5.14 Å². The molecule has 0 radical (unpaired) electrons. The van der Waals surface area contributed by atoms with Gasteiger partial charge in [0.25, 0.3) is 10.0 Å². The predicted molar refractivity (Wildman–Crippen MR) is 39.1 cm³/mol. The number of rotatable bonds is 1. The average Bonchev–Trinajstić information content (AvgIpc) is 1.86. The first-order valence-electron chi connectivity index (χ1n) is 3.01. The molecule has 0 aliphatic heterocycles.